The van der Waals surface area contributed by atoms with Crippen molar-refractivity contribution in [1.82, 2.24) is 0 Å². The van der Waals surface area contributed by atoms with Gasteiger partial charge in [0.25, 0.3) is 0 Å². The second-order valence-corrected chi connectivity index (χ2v) is 3.13. The molecule has 0 radical (unpaired) electrons. The van der Waals surface area contributed by atoms with Gasteiger partial charge in [0, 0.05) is 10.5 Å². The van der Waals surface area contributed by atoms with Crippen molar-refractivity contribution in [2.75, 3.05) is 0 Å². The van der Waals surface area contributed by atoms with Crippen LogP contribution in [0.5, 0.6) is 0 Å². The number of benzene rings is 1. The van der Waals surface area contributed by atoms with E-state index in [1.807, 2.05) is 0 Å². The van der Waals surface area contributed by atoms with Gasteiger partial charge in [-0.15, -0.1) is 0 Å². The van der Waals surface area contributed by atoms with Gasteiger partial charge in [-0.1, -0.05) is 11.6 Å². The largest absolute Gasteiger partial charge is 0.490 e. The summed E-state index contributed by atoms with van der Waals surface area (Å²) >= 11 is 5.28. The lowest BCUT2D eigenvalue weighted by Gasteiger charge is -2.13. The predicted molar refractivity (Wildman–Crippen MR) is 46.2 cm³/mol. The molecule has 0 aliphatic carbocycles. The van der Waals surface area contributed by atoms with Gasteiger partial charge in [0.05, 0.1) is 5.56 Å². The van der Waals surface area contributed by atoms with Gasteiger partial charge in [-0.3, -0.25) is 0 Å². The van der Waals surface area contributed by atoms with Gasteiger partial charge >= 0.3 is 13.3 Å². The van der Waals surface area contributed by atoms with Crippen LogP contribution in [0.15, 0.2) is 12.1 Å². The Morgan fingerprint density at radius 1 is 1.20 bits per heavy atom. The summed E-state index contributed by atoms with van der Waals surface area (Å²) in [6, 6.07) is 0.728. The van der Waals surface area contributed by atoms with Crippen molar-refractivity contribution in [2.24, 2.45) is 0 Å². The van der Waals surface area contributed by atoms with Gasteiger partial charge in [0.2, 0.25) is 0 Å². The predicted octanol–water partition coefficient (Wildman–Crippen LogP) is 1.18. The molecule has 0 bridgehead atoms. The number of rotatable bonds is 1. The summed E-state index contributed by atoms with van der Waals surface area (Å²) < 4.78 is 49.6. The molecule has 0 fully saturated rings. The molecule has 0 saturated carbocycles. The average Bonchev–Trinajstić information content (AvgIpc) is 1.99. The molecule has 2 N–H and O–H groups in total. The maximum atomic E-state index is 12.7. The fourth-order valence-corrected chi connectivity index (χ4v) is 1.39. The van der Waals surface area contributed by atoms with Crippen LogP contribution in [0, 0.1) is 5.82 Å². The van der Waals surface area contributed by atoms with Crippen molar-refractivity contribution < 1.29 is 27.6 Å². The molecule has 0 unspecified atom stereocenters. The summed E-state index contributed by atoms with van der Waals surface area (Å²) in [4.78, 5) is 0. The SMILES string of the molecule is OB(O)c1c(Cl)cc(F)cc1C(F)(F)F. The lowest BCUT2D eigenvalue weighted by molar-refractivity contribution is -0.137. The first-order valence-electron chi connectivity index (χ1n) is 3.65. The van der Waals surface area contributed by atoms with Crippen LogP contribution >= 0.6 is 11.6 Å². The van der Waals surface area contributed by atoms with E-state index in [4.69, 9.17) is 21.6 Å². The Balaban J connectivity index is 3.47. The van der Waals surface area contributed by atoms with Crippen LogP contribution < -0.4 is 5.46 Å². The second kappa shape index (κ2) is 4.00. The van der Waals surface area contributed by atoms with Crippen molar-refractivity contribution in [1.29, 1.82) is 0 Å². The number of alkyl halides is 3. The zero-order chi connectivity index (χ0) is 11.8. The summed E-state index contributed by atoms with van der Waals surface area (Å²) in [6.45, 7) is 0. The van der Waals surface area contributed by atoms with E-state index in [0.29, 0.717) is 6.07 Å². The molecule has 1 aromatic carbocycles. The van der Waals surface area contributed by atoms with Crippen LogP contribution in [0.1, 0.15) is 5.56 Å². The Kier molecular flexibility index (Phi) is 3.27. The Bertz CT molecular complexity index is 380. The molecule has 0 atom stereocenters. The maximum Gasteiger partial charge on any atom is 0.490 e. The van der Waals surface area contributed by atoms with Gasteiger partial charge in [-0.2, -0.15) is 13.2 Å². The van der Waals surface area contributed by atoms with Crippen molar-refractivity contribution in [3.8, 4) is 0 Å². The van der Waals surface area contributed by atoms with E-state index >= 15 is 0 Å². The molecule has 15 heavy (non-hydrogen) atoms. The van der Waals surface area contributed by atoms with Gasteiger partial charge in [0.1, 0.15) is 5.82 Å². The fourth-order valence-electron chi connectivity index (χ4n) is 1.08. The highest BCUT2D eigenvalue weighted by Gasteiger charge is 2.38. The maximum absolute atomic E-state index is 12.7. The summed E-state index contributed by atoms with van der Waals surface area (Å²) in [5.41, 5.74) is -2.45. The highest BCUT2D eigenvalue weighted by molar-refractivity contribution is 6.63. The second-order valence-electron chi connectivity index (χ2n) is 2.72. The summed E-state index contributed by atoms with van der Waals surface area (Å²) in [6.07, 6.45) is -4.90. The van der Waals surface area contributed by atoms with Crippen LogP contribution in [0.4, 0.5) is 17.6 Å². The molecular formula is C7H4BClF4O2. The zero-order valence-corrected chi connectivity index (χ0v) is 7.77. The minimum Gasteiger partial charge on any atom is -0.423 e. The van der Waals surface area contributed by atoms with Gasteiger partial charge in [-0.25, -0.2) is 4.39 Å². The molecule has 0 spiro atoms. The van der Waals surface area contributed by atoms with E-state index in [-0.39, 0.29) is 6.07 Å². The minimum atomic E-state index is -4.90. The quantitative estimate of drug-likeness (QED) is 0.573. The molecule has 0 amide bonds. The van der Waals surface area contributed by atoms with Crippen LogP contribution in [-0.2, 0) is 6.18 Å². The lowest BCUT2D eigenvalue weighted by atomic mass is 9.76. The number of halogens is 5. The van der Waals surface area contributed by atoms with E-state index in [2.05, 4.69) is 0 Å². The highest BCUT2D eigenvalue weighted by atomic mass is 35.5. The number of hydrogen-bond donors (Lipinski definition) is 2. The molecule has 0 heterocycles. The van der Waals surface area contributed by atoms with Crippen molar-refractivity contribution >= 4 is 24.2 Å². The third-order valence-electron chi connectivity index (χ3n) is 1.66. The van der Waals surface area contributed by atoms with E-state index in [9.17, 15) is 17.6 Å². The molecular weight excluding hydrogens is 238 g/mol. The zero-order valence-electron chi connectivity index (χ0n) is 7.02. The van der Waals surface area contributed by atoms with Gasteiger partial charge in [0.15, 0.2) is 0 Å². The normalized spacial score (nSPS) is 11.7. The van der Waals surface area contributed by atoms with Crippen molar-refractivity contribution in [2.45, 2.75) is 6.18 Å². The summed E-state index contributed by atoms with van der Waals surface area (Å²) in [7, 11) is -2.41. The molecule has 0 aromatic heterocycles. The van der Waals surface area contributed by atoms with Crippen LogP contribution in [0.25, 0.3) is 0 Å². The standard InChI is InChI=1S/C7H4BClF4O2/c9-5-2-3(10)1-4(7(11,12)13)6(5)8(14)15/h1-2,14-15H. The monoisotopic (exact) mass is 242 g/mol. The Labute approximate surface area is 87.2 Å². The Hall–Kier alpha value is -0.785. The van der Waals surface area contributed by atoms with Crippen LogP contribution in [0.2, 0.25) is 5.02 Å². The molecule has 1 aromatic rings. The minimum absolute atomic E-state index is 0.153. The Morgan fingerprint density at radius 2 is 1.73 bits per heavy atom. The van der Waals surface area contributed by atoms with E-state index < -0.39 is 35.2 Å². The van der Waals surface area contributed by atoms with E-state index in [1.54, 1.807) is 0 Å². The van der Waals surface area contributed by atoms with Crippen LogP contribution in [-0.4, -0.2) is 17.2 Å². The first-order chi connectivity index (χ1) is 6.73. The molecule has 82 valence electrons. The third kappa shape index (κ3) is 2.61. The van der Waals surface area contributed by atoms with Crippen molar-refractivity contribution in [3.63, 3.8) is 0 Å². The summed E-state index contributed by atoms with van der Waals surface area (Å²) in [5, 5.41) is 16.7. The highest BCUT2D eigenvalue weighted by Crippen LogP contribution is 2.30. The van der Waals surface area contributed by atoms with Gasteiger partial charge < -0.3 is 10.0 Å². The smallest absolute Gasteiger partial charge is 0.423 e. The molecule has 0 saturated heterocycles. The first-order valence-corrected chi connectivity index (χ1v) is 4.03. The van der Waals surface area contributed by atoms with Gasteiger partial charge in [-0.05, 0) is 12.1 Å². The summed E-state index contributed by atoms with van der Waals surface area (Å²) in [5.74, 6) is -1.20. The lowest BCUT2D eigenvalue weighted by Crippen LogP contribution is -2.37. The molecule has 2 nitrogen and oxygen atoms in total. The first kappa shape index (κ1) is 12.3. The Morgan fingerprint density at radius 3 is 2.13 bits per heavy atom. The number of hydrogen-bond acceptors (Lipinski definition) is 2. The molecule has 8 heteroatoms. The van der Waals surface area contributed by atoms with Crippen LogP contribution in [0.3, 0.4) is 0 Å². The average molecular weight is 242 g/mol. The molecule has 0 aliphatic rings. The molecule has 1 rings (SSSR count). The fraction of sp³-hybridized carbons (Fsp3) is 0.143. The van der Waals surface area contributed by atoms with Crippen molar-refractivity contribution in [3.05, 3.63) is 28.5 Å². The van der Waals surface area contributed by atoms with E-state index in [1.165, 1.54) is 0 Å². The van der Waals surface area contributed by atoms with E-state index in [0.717, 1.165) is 0 Å². The molecule has 0 aliphatic heterocycles. The third-order valence-corrected chi connectivity index (χ3v) is 1.97. The topological polar surface area (TPSA) is 40.5 Å².